The highest BCUT2D eigenvalue weighted by atomic mass is 32.2. The van der Waals surface area contributed by atoms with E-state index in [2.05, 4.69) is 10.7 Å². The first kappa shape index (κ1) is 30.2. The van der Waals surface area contributed by atoms with E-state index in [1.807, 2.05) is 30.3 Å². The summed E-state index contributed by atoms with van der Waals surface area (Å²) in [6.45, 7) is 9.42. The molecule has 35 heavy (non-hydrogen) atoms. The van der Waals surface area contributed by atoms with Crippen LogP contribution >= 0.6 is 11.8 Å². The summed E-state index contributed by atoms with van der Waals surface area (Å²) in [5.41, 5.74) is 2.01. The van der Waals surface area contributed by atoms with Crippen LogP contribution in [-0.4, -0.2) is 72.1 Å². The van der Waals surface area contributed by atoms with Gasteiger partial charge in [0.15, 0.2) is 0 Å². The maximum absolute atomic E-state index is 12.7. The SMILES string of the molecule is COC(=O)C(CSCc1ccccc1)NC(=O)NN(CC(=O)OC(C)(C)C)CC(=O)OC(C)(C)C. The van der Waals surface area contributed by atoms with Crippen LogP contribution in [0.15, 0.2) is 30.3 Å². The van der Waals surface area contributed by atoms with Crippen molar-refractivity contribution in [2.75, 3.05) is 26.0 Å². The molecule has 1 aromatic carbocycles. The normalized spacial score (nSPS) is 12.5. The average molecular weight is 512 g/mol. The van der Waals surface area contributed by atoms with Crippen molar-refractivity contribution in [1.82, 2.24) is 15.8 Å². The number of hydrogen-bond acceptors (Lipinski definition) is 9. The molecule has 0 bridgehead atoms. The van der Waals surface area contributed by atoms with Crippen molar-refractivity contribution >= 4 is 35.7 Å². The predicted octanol–water partition coefficient (Wildman–Crippen LogP) is 2.66. The Labute approximate surface area is 211 Å². The van der Waals surface area contributed by atoms with E-state index in [1.54, 1.807) is 41.5 Å². The van der Waals surface area contributed by atoms with Crippen molar-refractivity contribution in [2.24, 2.45) is 0 Å². The van der Waals surface area contributed by atoms with Crippen LogP contribution in [0.5, 0.6) is 0 Å². The Kier molecular flexibility index (Phi) is 12.0. The Bertz CT molecular complexity index is 821. The van der Waals surface area contributed by atoms with Gasteiger partial charge >= 0.3 is 23.9 Å². The van der Waals surface area contributed by atoms with E-state index in [-0.39, 0.29) is 5.75 Å². The maximum atomic E-state index is 12.7. The Morgan fingerprint density at radius 3 is 1.89 bits per heavy atom. The predicted molar refractivity (Wildman–Crippen MR) is 133 cm³/mol. The lowest BCUT2D eigenvalue weighted by Gasteiger charge is -2.27. The van der Waals surface area contributed by atoms with Crippen LogP contribution < -0.4 is 10.7 Å². The van der Waals surface area contributed by atoms with Crippen molar-refractivity contribution in [1.29, 1.82) is 0 Å². The number of amides is 2. The molecule has 0 heterocycles. The van der Waals surface area contributed by atoms with Crippen LogP contribution in [0.1, 0.15) is 47.1 Å². The summed E-state index contributed by atoms with van der Waals surface area (Å²) in [4.78, 5) is 49.5. The molecule has 0 aliphatic rings. The summed E-state index contributed by atoms with van der Waals surface area (Å²) in [5, 5.41) is 3.61. The van der Waals surface area contributed by atoms with Gasteiger partial charge in [0.2, 0.25) is 0 Å². The van der Waals surface area contributed by atoms with Crippen LogP contribution in [0, 0.1) is 0 Å². The fraction of sp³-hybridized carbons (Fsp3) is 0.583. The lowest BCUT2D eigenvalue weighted by molar-refractivity contribution is -0.161. The number of hydrogen-bond donors (Lipinski definition) is 2. The highest BCUT2D eigenvalue weighted by Crippen LogP contribution is 2.14. The number of thioether (sulfide) groups is 1. The number of hydrazine groups is 1. The number of methoxy groups -OCH3 is 1. The summed E-state index contributed by atoms with van der Waals surface area (Å²) in [6, 6.07) is 7.95. The average Bonchev–Trinajstić information content (AvgIpc) is 2.70. The molecule has 0 spiro atoms. The number of benzene rings is 1. The molecule has 11 heteroatoms. The second-order valence-electron chi connectivity index (χ2n) is 9.69. The molecular formula is C24H37N3O7S. The van der Waals surface area contributed by atoms with Crippen LogP contribution in [0.25, 0.3) is 0 Å². The summed E-state index contributed by atoms with van der Waals surface area (Å²) in [6.07, 6.45) is 0. The number of carbonyl (C=O) groups excluding carboxylic acids is 4. The molecular weight excluding hydrogens is 474 g/mol. The first-order valence-corrected chi connectivity index (χ1v) is 12.3. The van der Waals surface area contributed by atoms with Gasteiger partial charge in [0, 0.05) is 11.5 Å². The number of esters is 3. The number of nitrogens with one attached hydrogen (secondary N) is 2. The van der Waals surface area contributed by atoms with Crippen molar-refractivity contribution < 1.29 is 33.4 Å². The first-order chi connectivity index (χ1) is 16.2. The van der Waals surface area contributed by atoms with E-state index in [0.717, 1.165) is 10.6 Å². The van der Waals surface area contributed by atoms with Crippen molar-refractivity contribution in [3.8, 4) is 0 Å². The number of ether oxygens (including phenoxy) is 3. The zero-order chi connectivity index (χ0) is 26.6. The van der Waals surface area contributed by atoms with Gasteiger partial charge in [-0.05, 0) is 47.1 Å². The molecule has 2 amide bonds. The van der Waals surface area contributed by atoms with E-state index < -0.39 is 54.3 Å². The van der Waals surface area contributed by atoms with E-state index in [9.17, 15) is 19.2 Å². The third-order valence-electron chi connectivity index (χ3n) is 3.93. The Balaban J connectivity index is 2.80. The van der Waals surface area contributed by atoms with E-state index >= 15 is 0 Å². The summed E-state index contributed by atoms with van der Waals surface area (Å²) < 4.78 is 15.4. The lowest BCUT2D eigenvalue weighted by Crippen LogP contribution is -2.55. The number of rotatable bonds is 11. The number of urea groups is 1. The molecule has 0 saturated carbocycles. The second-order valence-corrected chi connectivity index (χ2v) is 10.7. The number of carbonyl (C=O) groups is 4. The van der Waals surface area contributed by atoms with Gasteiger partial charge in [0.1, 0.15) is 30.3 Å². The van der Waals surface area contributed by atoms with E-state index in [1.165, 1.54) is 18.9 Å². The fourth-order valence-corrected chi connectivity index (χ4v) is 3.71. The van der Waals surface area contributed by atoms with Gasteiger partial charge in [0.25, 0.3) is 0 Å². The van der Waals surface area contributed by atoms with Crippen molar-refractivity contribution in [2.45, 2.75) is 64.5 Å². The monoisotopic (exact) mass is 511 g/mol. The molecule has 0 saturated heterocycles. The molecule has 1 unspecified atom stereocenters. The Morgan fingerprint density at radius 1 is 0.914 bits per heavy atom. The quantitative estimate of drug-likeness (QED) is 0.262. The summed E-state index contributed by atoms with van der Waals surface area (Å²) >= 11 is 1.45. The highest BCUT2D eigenvalue weighted by Gasteiger charge is 2.27. The first-order valence-electron chi connectivity index (χ1n) is 11.1. The molecule has 0 fully saturated rings. The van der Waals surface area contributed by atoms with Gasteiger partial charge in [0.05, 0.1) is 7.11 Å². The molecule has 1 atom stereocenters. The minimum Gasteiger partial charge on any atom is -0.467 e. The van der Waals surface area contributed by atoms with Gasteiger partial charge in [-0.3, -0.25) is 15.0 Å². The van der Waals surface area contributed by atoms with Crippen molar-refractivity contribution in [3.05, 3.63) is 35.9 Å². The minimum atomic E-state index is -0.946. The molecule has 196 valence electrons. The van der Waals surface area contributed by atoms with Crippen LogP contribution in [0.2, 0.25) is 0 Å². The van der Waals surface area contributed by atoms with Crippen LogP contribution in [-0.2, 0) is 34.3 Å². The molecule has 10 nitrogen and oxygen atoms in total. The minimum absolute atomic E-state index is 0.257. The van der Waals surface area contributed by atoms with E-state index in [0.29, 0.717) is 5.75 Å². The fourth-order valence-electron chi connectivity index (χ4n) is 2.71. The molecule has 0 aromatic heterocycles. The van der Waals surface area contributed by atoms with Gasteiger partial charge < -0.3 is 19.5 Å². The molecule has 2 N–H and O–H groups in total. The smallest absolute Gasteiger partial charge is 0.330 e. The van der Waals surface area contributed by atoms with Crippen LogP contribution in [0.3, 0.4) is 0 Å². The zero-order valence-corrected chi connectivity index (χ0v) is 22.3. The van der Waals surface area contributed by atoms with Gasteiger partial charge in [-0.25, -0.2) is 9.59 Å². The van der Waals surface area contributed by atoms with E-state index in [4.69, 9.17) is 14.2 Å². The standard InChI is InChI=1S/C24H37N3O7S/c1-23(2,3)33-19(28)13-27(14-20(29)34-24(4,5)6)26-22(31)25-18(21(30)32-7)16-35-15-17-11-9-8-10-12-17/h8-12,18H,13-16H2,1-7H3,(H2,25,26,31). The molecule has 0 aliphatic heterocycles. The topological polar surface area (TPSA) is 123 Å². The molecule has 0 aliphatic carbocycles. The van der Waals surface area contributed by atoms with Gasteiger partial charge in [-0.2, -0.15) is 16.8 Å². The third-order valence-corrected chi connectivity index (χ3v) is 5.03. The molecule has 0 radical (unpaired) electrons. The highest BCUT2D eigenvalue weighted by molar-refractivity contribution is 7.98. The Hall–Kier alpha value is -2.79. The van der Waals surface area contributed by atoms with Gasteiger partial charge in [-0.15, -0.1) is 0 Å². The summed E-state index contributed by atoms with van der Waals surface area (Å²) in [7, 11) is 1.23. The zero-order valence-electron chi connectivity index (χ0n) is 21.5. The molecule has 1 aromatic rings. The van der Waals surface area contributed by atoms with Crippen LogP contribution in [0.4, 0.5) is 4.79 Å². The largest absolute Gasteiger partial charge is 0.467 e. The summed E-state index contributed by atoms with van der Waals surface area (Å²) in [5.74, 6) is -1.02. The van der Waals surface area contributed by atoms with Gasteiger partial charge in [-0.1, -0.05) is 30.3 Å². The lowest BCUT2D eigenvalue weighted by atomic mass is 10.2. The molecule has 1 rings (SSSR count). The maximum Gasteiger partial charge on any atom is 0.330 e. The Morgan fingerprint density at radius 2 is 1.43 bits per heavy atom. The second kappa shape index (κ2) is 13.9. The third kappa shape index (κ3) is 14.3. The number of nitrogens with zero attached hydrogens (tertiary/aromatic N) is 1. The van der Waals surface area contributed by atoms with Crippen molar-refractivity contribution in [3.63, 3.8) is 0 Å².